The number of amides is 1. The number of nitrogens with zero attached hydrogens (tertiary/aromatic N) is 1. The van der Waals surface area contributed by atoms with Gasteiger partial charge in [-0.15, -0.1) is 23.7 Å². The molecule has 142 valence electrons. The molecule has 1 amide bonds. The van der Waals surface area contributed by atoms with Crippen molar-refractivity contribution < 1.29 is 14.3 Å². The highest BCUT2D eigenvalue weighted by Crippen LogP contribution is 2.33. The van der Waals surface area contributed by atoms with Crippen molar-refractivity contribution >= 4 is 35.3 Å². The molecule has 3 aromatic rings. The van der Waals surface area contributed by atoms with Crippen molar-refractivity contribution in [3.8, 4) is 22.8 Å². The summed E-state index contributed by atoms with van der Waals surface area (Å²) < 4.78 is 10.6. The molecule has 0 atom stereocenters. The molecule has 7 heteroatoms. The lowest BCUT2D eigenvalue weighted by molar-refractivity contribution is -0.115. The van der Waals surface area contributed by atoms with Crippen LogP contribution in [0.15, 0.2) is 47.8 Å². The molecule has 0 aliphatic heterocycles. The van der Waals surface area contributed by atoms with Crippen LogP contribution in [0.3, 0.4) is 0 Å². The maximum Gasteiger partial charge on any atom is 0.231 e. The first-order valence-electron chi connectivity index (χ1n) is 8.12. The Morgan fingerprint density at radius 2 is 1.96 bits per heavy atom. The Morgan fingerprint density at radius 1 is 1.15 bits per heavy atom. The van der Waals surface area contributed by atoms with Crippen LogP contribution in [0, 0.1) is 6.92 Å². The van der Waals surface area contributed by atoms with Gasteiger partial charge >= 0.3 is 0 Å². The second-order valence-corrected chi connectivity index (χ2v) is 6.73. The minimum absolute atomic E-state index is 0. The van der Waals surface area contributed by atoms with Crippen LogP contribution in [0.2, 0.25) is 0 Å². The number of ether oxygens (including phenoxy) is 2. The van der Waals surface area contributed by atoms with Gasteiger partial charge in [0.15, 0.2) is 0 Å². The summed E-state index contributed by atoms with van der Waals surface area (Å²) in [6, 6.07) is 13.3. The number of nitrogens with one attached hydrogen (secondary N) is 1. The average Bonchev–Trinajstić information content (AvgIpc) is 3.09. The number of thiazole rings is 1. The lowest BCUT2D eigenvalue weighted by Crippen LogP contribution is -2.14. The molecular formula is C20H21ClN2O3S. The SMILES string of the molecule is COc1ccc(-c2csc(CC(=O)Nc3cccc(C)c3)n2)c(OC)c1.Cl. The molecule has 0 saturated carbocycles. The summed E-state index contributed by atoms with van der Waals surface area (Å²) in [5.74, 6) is 1.32. The van der Waals surface area contributed by atoms with E-state index in [1.165, 1.54) is 11.3 Å². The number of aryl methyl sites for hydroxylation is 1. The summed E-state index contributed by atoms with van der Waals surface area (Å²) in [7, 11) is 3.23. The number of carbonyl (C=O) groups is 1. The Labute approximate surface area is 168 Å². The number of hydrogen-bond donors (Lipinski definition) is 1. The predicted molar refractivity (Wildman–Crippen MR) is 111 cm³/mol. The molecule has 0 radical (unpaired) electrons. The summed E-state index contributed by atoms with van der Waals surface area (Å²) in [5, 5.41) is 5.59. The summed E-state index contributed by atoms with van der Waals surface area (Å²) in [6.07, 6.45) is 0.233. The van der Waals surface area contributed by atoms with Gasteiger partial charge in [-0.1, -0.05) is 12.1 Å². The Hall–Kier alpha value is -2.57. The fourth-order valence-electron chi connectivity index (χ4n) is 2.59. The molecule has 0 fully saturated rings. The van der Waals surface area contributed by atoms with E-state index in [2.05, 4.69) is 10.3 Å². The predicted octanol–water partition coefficient (Wildman–Crippen LogP) is 4.74. The van der Waals surface area contributed by atoms with Crippen LogP contribution >= 0.6 is 23.7 Å². The van der Waals surface area contributed by atoms with E-state index in [1.54, 1.807) is 14.2 Å². The van der Waals surface area contributed by atoms with Crippen LogP contribution in [-0.4, -0.2) is 25.1 Å². The molecule has 0 bridgehead atoms. The van der Waals surface area contributed by atoms with Crippen LogP contribution in [0.4, 0.5) is 5.69 Å². The molecule has 2 aromatic carbocycles. The number of anilines is 1. The van der Waals surface area contributed by atoms with Crippen molar-refractivity contribution in [2.45, 2.75) is 13.3 Å². The second kappa shape index (κ2) is 9.39. The van der Waals surface area contributed by atoms with Crippen LogP contribution in [0.5, 0.6) is 11.5 Å². The fourth-order valence-corrected chi connectivity index (χ4v) is 3.38. The Bertz CT molecular complexity index is 927. The number of hydrogen-bond acceptors (Lipinski definition) is 5. The molecule has 1 aromatic heterocycles. The first-order chi connectivity index (χ1) is 12.6. The Balaban J connectivity index is 0.00000261. The Kier molecular flexibility index (Phi) is 7.21. The third kappa shape index (κ3) is 5.21. The molecule has 0 spiro atoms. The molecule has 0 unspecified atom stereocenters. The highest BCUT2D eigenvalue weighted by atomic mass is 35.5. The zero-order chi connectivity index (χ0) is 18.5. The van der Waals surface area contributed by atoms with Gasteiger partial charge in [0.25, 0.3) is 0 Å². The molecule has 5 nitrogen and oxygen atoms in total. The molecule has 0 saturated heterocycles. The zero-order valence-corrected chi connectivity index (χ0v) is 16.9. The maximum atomic E-state index is 12.3. The molecule has 3 rings (SSSR count). The summed E-state index contributed by atoms with van der Waals surface area (Å²) in [6.45, 7) is 1.99. The summed E-state index contributed by atoms with van der Waals surface area (Å²) >= 11 is 1.46. The monoisotopic (exact) mass is 404 g/mol. The lowest BCUT2D eigenvalue weighted by Gasteiger charge is -2.08. The number of halogens is 1. The average molecular weight is 405 g/mol. The molecule has 1 N–H and O–H groups in total. The van der Waals surface area contributed by atoms with Gasteiger partial charge < -0.3 is 14.8 Å². The minimum Gasteiger partial charge on any atom is -0.497 e. The number of carbonyl (C=O) groups excluding carboxylic acids is 1. The minimum atomic E-state index is -0.0850. The van der Waals surface area contributed by atoms with Crippen LogP contribution < -0.4 is 14.8 Å². The number of methoxy groups -OCH3 is 2. The van der Waals surface area contributed by atoms with Gasteiger partial charge in [0.2, 0.25) is 5.91 Å². The van der Waals surface area contributed by atoms with Crippen LogP contribution in [-0.2, 0) is 11.2 Å². The van der Waals surface area contributed by atoms with Gasteiger partial charge in [0.1, 0.15) is 16.5 Å². The van der Waals surface area contributed by atoms with E-state index < -0.39 is 0 Å². The fraction of sp³-hybridized carbons (Fsp3) is 0.200. The van der Waals surface area contributed by atoms with Crippen molar-refractivity contribution in [3.05, 3.63) is 58.4 Å². The van der Waals surface area contributed by atoms with Crippen molar-refractivity contribution in [3.63, 3.8) is 0 Å². The van der Waals surface area contributed by atoms with Gasteiger partial charge in [-0.05, 0) is 36.8 Å². The molecular weight excluding hydrogens is 384 g/mol. The van der Waals surface area contributed by atoms with Gasteiger partial charge in [-0.2, -0.15) is 0 Å². The van der Waals surface area contributed by atoms with Crippen molar-refractivity contribution in [1.29, 1.82) is 0 Å². The lowest BCUT2D eigenvalue weighted by atomic mass is 10.1. The molecule has 0 aliphatic carbocycles. The number of aromatic nitrogens is 1. The topological polar surface area (TPSA) is 60.5 Å². The van der Waals surface area contributed by atoms with Gasteiger partial charge in [0.05, 0.1) is 26.3 Å². The summed E-state index contributed by atoms with van der Waals surface area (Å²) in [4.78, 5) is 16.8. The quantitative estimate of drug-likeness (QED) is 0.644. The van der Waals surface area contributed by atoms with Crippen LogP contribution in [0.25, 0.3) is 11.3 Å². The van der Waals surface area contributed by atoms with E-state index in [9.17, 15) is 4.79 Å². The van der Waals surface area contributed by atoms with Gasteiger partial charge in [-0.3, -0.25) is 4.79 Å². The number of rotatable bonds is 6. The molecule has 27 heavy (non-hydrogen) atoms. The number of benzene rings is 2. The third-order valence-corrected chi connectivity index (χ3v) is 4.70. The van der Waals surface area contributed by atoms with Gasteiger partial charge in [-0.25, -0.2) is 4.98 Å². The van der Waals surface area contributed by atoms with E-state index in [-0.39, 0.29) is 24.7 Å². The van der Waals surface area contributed by atoms with E-state index in [0.29, 0.717) is 5.75 Å². The van der Waals surface area contributed by atoms with Gasteiger partial charge in [0, 0.05) is 22.7 Å². The molecule has 0 aliphatic rings. The smallest absolute Gasteiger partial charge is 0.231 e. The van der Waals surface area contributed by atoms with Crippen molar-refractivity contribution in [1.82, 2.24) is 4.98 Å². The van der Waals surface area contributed by atoms with Crippen molar-refractivity contribution in [2.75, 3.05) is 19.5 Å². The van der Waals surface area contributed by atoms with E-state index in [0.717, 1.165) is 33.3 Å². The maximum absolute atomic E-state index is 12.3. The standard InChI is InChI=1S/C20H20N2O3S.ClH/c1-13-5-4-6-14(9-13)21-19(23)11-20-22-17(12-26-20)16-8-7-15(24-2)10-18(16)25-3;/h4-10,12H,11H2,1-3H3,(H,21,23);1H. The highest BCUT2D eigenvalue weighted by molar-refractivity contribution is 7.10. The largest absolute Gasteiger partial charge is 0.497 e. The second-order valence-electron chi connectivity index (χ2n) is 5.79. The van der Waals surface area contributed by atoms with Crippen LogP contribution in [0.1, 0.15) is 10.6 Å². The first kappa shape index (κ1) is 20.7. The molecule has 1 heterocycles. The highest BCUT2D eigenvalue weighted by Gasteiger charge is 2.13. The van der Waals surface area contributed by atoms with E-state index >= 15 is 0 Å². The van der Waals surface area contributed by atoms with E-state index in [4.69, 9.17) is 9.47 Å². The normalized spacial score (nSPS) is 10.0. The third-order valence-electron chi connectivity index (χ3n) is 3.85. The van der Waals surface area contributed by atoms with Crippen molar-refractivity contribution in [2.24, 2.45) is 0 Å². The first-order valence-corrected chi connectivity index (χ1v) is 9.00. The zero-order valence-electron chi connectivity index (χ0n) is 15.3. The van der Waals surface area contributed by atoms with E-state index in [1.807, 2.05) is 54.8 Å². The Morgan fingerprint density at radius 3 is 2.67 bits per heavy atom. The summed E-state index contributed by atoms with van der Waals surface area (Å²) in [5.41, 5.74) is 3.55.